The predicted molar refractivity (Wildman–Crippen MR) is 65.4 cm³/mol. The fraction of sp³-hybridized carbons (Fsp3) is 0.231. The molecule has 1 heterocycles. The number of aromatic nitrogens is 1. The van der Waals surface area contributed by atoms with E-state index in [0.717, 1.165) is 10.9 Å². The molecule has 5 heteroatoms. The van der Waals surface area contributed by atoms with Crippen LogP contribution in [0.3, 0.4) is 0 Å². The van der Waals surface area contributed by atoms with Gasteiger partial charge in [-0.2, -0.15) is 5.26 Å². The van der Waals surface area contributed by atoms with Crippen molar-refractivity contribution in [2.75, 3.05) is 14.2 Å². The number of nitriles is 1. The second-order valence-corrected chi connectivity index (χ2v) is 3.69. The number of carbonyl (C=O) groups is 1. The first kappa shape index (κ1) is 12.0. The Morgan fingerprint density at radius 3 is 2.78 bits per heavy atom. The fourth-order valence-corrected chi connectivity index (χ4v) is 1.88. The van der Waals surface area contributed by atoms with Crippen molar-refractivity contribution in [2.45, 2.75) is 6.54 Å². The minimum Gasteiger partial charge on any atom is -0.497 e. The first-order valence-electron chi connectivity index (χ1n) is 5.33. The molecule has 0 aliphatic carbocycles. The molecule has 0 saturated heterocycles. The van der Waals surface area contributed by atoms with Crippen molar-refractivity contribution in [1.82, 2.24) is 4.57 Å². The molecule has 2 rings (SSSR count). The Bertz CT molecular complexity index is 637. The van der Waals surface area contributed by atoms with E-state index in [0.29, 0.717) is 11.4 Å². The Hall–Kier alpha value is -2.48. The molecule has 92 valence electrons. The quantitative estimate of drug-likeness (QED) is 0.774. The van der Waals surface area contributed by atoms with Gasteiger partial charge in [-0.05, 0) is 18.2 Å². The smallest absolute Gasteiger partial charge is 0.354 e. The highest BCUT2D eigenvalue weighted by Gasteiger charge is 2.16. The molecule has 0 bridgehead atoms. The molecule has 5 nitrogen and oxygen atoms in total. The molecule has 0 fully saturated rings. The van der Waals surface area contributed by atoms with Crippen LogP contribution in [0.2, 0.25) is 0 Å². The minimum absolute atomic E-state index is 0.0844. The lowest BCUT2D eigenvalue weighted by Crippen LogP contribution is -2.09. The lowest BCUT2D eigenvalue weighted by Gasteiger charge is -2.05. The van der Waals surface area contributed by atoms with Crippen LogP contribution in [0.5, 0.6) is 5.75 Å². The largest absolute Gasteiger partial charge is 0.497 e. The van der Waals surface area contributed by atoms with Gasteiger partial charge in [-0.1, -0.05) is 0 Å². The van der Waals surface area contributed by atoms with Crippen molar-refractivity contribution in [2.24, 2.45) is 0 Å². The molecule has 1 aromatic heterocycles. The molecule has 0 saturated carbocycles. The van der Waals surface area contributed by atoms with Crippen LogP contribution in [-0.4, -0.2) is 24.8 Å². The number of ether oxygens (including phenoxy) is 2. The van der Waals surface area contributed by atoms with Crippen LogP contribution in [0.1, 0.15) is 10.5 Å². The maximum atomic E-state index is 11.6. The van der Waals surface area contributed by atoms with Gasteiger partial charge in [0.1, 0.15) is 18.0 Å². The summed E-state index contributed by atoms with van der Waals surface area (Å²) in [5.41, 5.74) is 1.14. The van der Waals surface area contributed by atoms with Gasteiger partial charge in [-0.25, -0.2) is 4.79 Å². The minimum atomic E-state index is -0.458. The summed E-state index contributed by atoms with van der Waals surface area (Å²) >= 11 is 0. The SMILES string of the molecule is COC(=O)c1cc2ccc(OC)cc2n1CC#N. The van der Waals surface area contributed by atoms with Gasteiger partial charge in [0, 0.05) is 11.5 Å². The maximum Gasteiger partial charge on any atom is 0.354 e. The number of methoxy groups -OCH3 is 2. The van der Waals surface area contributed by atoms with Crippen LogP contribution < -0.4 is 4.74 Å². The van der Waals surface area contributed by atoms with Gasteiger partial charge in [0.15, 0.2) is 0 Å². The van der Waals surface area contributed by atoms with Gasteiger partial charge in [0.25, 0.3) is 0 Å². The van der Waals surface area contributed by atoms with E-state index in [4.69, 9.17) is 14.7 Å². The third-order valence-electron chi connectivity index (χ3n) is 2.73. The standard InChI is InChI=1S/C13H12N2O3/c1-17-10-4-3-9-7-12(13(16)18-2)15(6-5-14)11(9)8-10/h3-4,7-8H,6H2,1-2H3. The highest BCUT2D eigenvalue weighted by Crippen LogP contribution is 2.25. The topological polar surface area (TPSA) is 64.2 Å². The lowest BCUT2D eigenvalue weighted by atomic mass is 10.2. The van der Waals surface area contributed by atoms with Gasteiger partial charge in [-0.15, -0.1) is 0 Å². The zero-order chi connectivity index (χ0) is 13.1. The number of rotatable bonds is 3. The summed E-state index contributed by atoms with van der Waals surface area (Å²) in [6, 6.07) is 9.18. The summed E-state index contributed by atoms with van der Waals surface area (Å²) in [5.74, 6) is 0.219. The van der Waals surface area contributed by atoms with E-state index in [9.17, 15) is 4.79 Å². The highest BCUT2D eigenvalue weighted by atomic mass is 16.5. The van der Waals surface area contributed by atoms with Crippen molar-refractivity contribution in [3.8, 4) is 11.8 Å². The summed E-state index contributed by atoms with van der Waals surface area (Å²) in [5, 5.41) is 9.72. The summed E-state index contributed by atoms with van der Waals surface area (Å²) in [6.45, 7) is 0.0844. The lowest BCUT2D eigenvalue weighted by molar-refractivity contribution is 0.0590. The van der Waals surface area contributed by atoms with E-state index in [-0.39, 0.29) is 6.54 Å². The third kappa shape index (κ3) is 1.89. The summed E-state index contributed by atoms with van der Waals surface area (Å²) in [6.07, 6.45) is 0. The average molecular weight is 244 g/mol. The van der Waals surface area contributed by atoms with E-state index >= 15 is 0 Å². The second-order valence-electron chi connectivity index (χ2n) is 3.69. The molecule has 1 aromatic carbocycles. The first-order chi connectivity index (χ1) is 8.71. The molecule has 0 spiro atoms. The Morgan fingerprint density at radius 1 is 1.39 bits per heavy atom. The van der Waals surface area contributed by atoms with Crippen LogP contribution in [0.4, 0.5) is 0 Å². The molecular formula is C13H12N2O3. The molecule has 0 unspecified atom stereocenters. The Morgan fingerprint density at radius 2 is 2.17 bits per heavy atom. The van der Waals surface area contributed by atoms with Gasteiger partial charge >= 0.3 is 5.97 Å². The molecule has 0 aliphatic rings. The maximum absolute atomic E-state index is 11.6. The van der Waals surface area contributed by atoms with E-state index < -0.39 is 5.97 Å². The van der Waals surface area contributed by atoms with Crippen molar-refractivity contribution >= 4 is 16.9 Å². The number of fused-ring (bicyclic) bond motifs is 1. The van der Waals surface area contributed by atoms with Gasteiger partial charge in [0.2, 0.25) is 0 Å². The number of esters is 1. The van der Waals surface area contributed by atoms with E-state index in [1.165, 1.54) is 7.11 Å². The predicted octanol–water partition coefficient (Wildman–Crippen LogP) is 1.96. The third-order valence-corrected chi connectivity index (χ3v) is 2.73. The van der Waals surface area contributed by atoms with Crippen molar-refractivity contribution in [1.29, 1.82) is 5.26 Å². The summed E-state index contributed by atoms with van der Waals surface area (Å²) in [4.78, 5) is 11.6. The normalized spacial score (nSPS) is 10.1. The summed E-state index contributed by atoms with van der Waals surface area (Å²) in [7, 11) is 2.89. The highest BCUT2D eigenvalue weighted by molar-refractivity contribution is 5.96. The number of benzene rings is 1. The van der Waals surface area contributed by atoms with Crippen LogP contribution in [0.15, 0.2) is 24.3 Å². The molecule has 2 aromatic rings. The van der Waals surface area contributed by atoms with Gasteiger partial charge in [0.05, 0.1) is 25.8 Å². The van der Waals surface area contributed by atoms with Gasteiger partial charge in [-0.3, -0.25) is 0 Å². The number of hydrogen-bond donors (Lipinski definition) is 0. The molecule has 0 aliphatic heterocycles. The van der Waals surface area contributed by atoms with E-state index in [1.807, 2.05) is 12.1 Å². The van der Waals surface area contributed by atoms with Crippen molar-refractivity contribution < 1.29 is 14.3 Å². The molecule has 0 radical (unpaired) electrons. The molecule has 0 amide bonds. The van der Waals surface area contributed by atoms with Crippen LogP contribution in [-0.2, 0) is 11.3 Å². The first-order valence-corrected chi connectivity index (χ1v) is 5.33. The number of nitrogens with zero attached hydrogens (tertiary/aromatic N) is 2. The summed E-state index contributed by atoms with van der Waals surface area (Å²) < 4.78 is 11.5. The Labute approximate surface area is 104 Å². The zero-order valence-electron chi connectivity index (χ0n) is 10.1. The molecular weight excluding hydrogens is 232 g/mol. The monoisotopic (exact) mass is 244 g/mol. The van der Waals surface area contributed by atoms with Crippen LogP contribution >= 0.6 is 0 Å². The molecule has 0 atom stereocenters. The van der Waals surface area contributed by atoms with Crippen molar-refractivity contribution in [3.63, 3.8) is 0 Å². The van der Waals surface area contributed by atoms with Crippen LogP contribution in [0, 0.1) is 11.3 Å². The zero-order valence-corrected chi connectivity index (χ0v) is 10.1. The number of carbonyl (C=O) groups excluding carboxylic acids is 1. The molecule has 0 N–H and O–H groups in total. The second kappa shape index (κ2) is 4.80. The number of hydrogen-bond acceptors (Lipinski definition) is 4. The average Bonchev–Trinajstić information content (AvgIpc) is 2.76. The van der Waals surface area contributed by atoms with Gasteiger partial charge < -0.3 is 14.0 Å². The van der Waals surface area contributed by atoms with Crippen molar-refractivity contribution in [3.05, 3.63) is 30.0 Å². The Kier molecular flexibility index (Phi) is 3.20. The van der Waals surface area contributed by atoms with E-state index in [2.05, 4.69) is 0 Å². The van der Waals surface area contributed by atoms with E-state index in [1.54, 1.807) is 29.9 Å². The molecule has 18 heavy (non-hydrogen) atoms. The fourth-order valence-electron chi connectivity index (χ4n) is 1.88. The van der Waals surface area contributed by atoms with Crippen LogP contribution in [0.25, 0.3) is 10.9 Å². The Balaban J connectivity index is 2.68.